The first-order chi connectivity index (χ1) is 22.8. The number of hydrogen-bond donors (Lipinski definition) is 6. The van der Waals surface area contributed by atoms with E-state index >= 15 is 0 Å². The normalized spacial score (nSPS) is 11.2. The number of benzene rings is 4. The molecule has 0 heterocycles. The summed E-state index contributed by atoms with van der Waals surface area (Å²) in [7, 11) is 0. The Bertz CT molecular complexity index is 1770. The zero-order chi connectivity index (χ0) is 35.4. The Morgan fingerprint density at radius 1 is 0.577 bits per heavy atom. The summed E-state index contributed by atoms with van der Waals surface area (Å²) in [4.78, 5) is 24.5. The maximum Gasteiger partial charge on any atom is 2.00 e. The molecule has 0 radical (unpaired) electrons. The topological polar surface area (TPSA) is 222 Å². The first kappa shape index (κ1) is 48.3. The van der Waals surface area contributed by atoms with Gasteiger partial charge in [0.05, 0.1) is 0 Å². The van der Waals surface area contributed by atoms with Gasteiger partial charge in [-0.3, -0.25) is 9.59 Å². The van der Waals surface area contributed by atoms with Gasteiger partial charge in [0.2, 0.25) is 0 Å². The number of aliphatic hydroxyl groups excluding tert-OH is 2. The van der Waals surface area contributed by atoms with Crippen LogP contribution in [0.2, 0.25) is 0 Å². The van der Waals surface area contributed by atoms with Crippen molar-refractivity contribution in [2.45, 2.75) is 41.5 Å². The number of allylic oxidation sites excluding steroid dienone is 2. The molecule has 9 N–H and O–H groups in total. The van der Waals surface area contributed by atoms with Crippen LogP contribution < -0.4 is 10.6 Å². The van der Waals surface area contributed by atoms with E-state index in [1.54, 1.807) is 74.5 Å². The van der Waals surface area contributed by atoms with Crippen LogP contribution in [0.25, 0.3) is 0 Å². The van der Waals surface area contributed by atoms with Crippen LogP contribution in [-0.4, -0.2) is 32.2 Å². The van der Waals surface area contributed by atoms with Crippen molar-refractivity contribution < 1.29 is 52.9 Å². The third-order valence-corrected chi connectivity index (χ3v) is 6.54. The predicted molar refractivity (Wildman–Crippen MR) is 203 cm³/mol. The molecule has 276 valence electrons. The summed E-state index contributed by atoms with van der Waals surface area (Å²) >= 11 is 0. The molecule has 4 rings (SSSR count). The van der Waals surface area contributed by atoms with Crippen LogP contribution in [0.1, 0.15) is 36.1 Å². The molecule has 0 atom stereocenters. The van der Waals surface area contributed by atoms with Gasteiger partial charge in [0.15, 0.2) is 11.4 Å². The number of phenols is 2. The van der Waals surface area contributed by atoms with Crippen molar-refractivity contribution in [2.75, 3.05) is 10.6 Å². The first-order valence-electron chi connectivity index (χ1n) is 14.7. The monoisotopic (exact) mass is 751 g/mol. The number of rotatable bonds is 8. The summed E-state index contributed by atoms with van der Waals surface area (Å²) in [6, 6.07) is 24.5. The molecule has 0 unspecified atom stereocenters. The zero-order valence-electron chi connectivity index (χ0n) is 30.5. The van der Waals surface area contributed by atoms with Crippen LogP contribution in [0, 0.1) is 42.5 Å². The number of carbonyl (C=O) groups excluding carboxylic acids is 2. The number of aryl methyl sites for hydroxylation is 4. The molecule has 52 heavy (non-hydrogen) atoms. The number of nitrogens with zero attached hydrogens (tertiary/aromatic N) is 4. The fourth-order valence-electron chi connectivity index (χ4n) is 4.22. The van der Waals surface area contributed by atoms with Crippen molar-refractivity contribution in [3.63, 3.8) is 0 Å². The van der Waals surface area contributed by atoms with Crippen molar-refractivity contribution in [1.82, 2.24) is 0 Å². The second-order valence-electron chi connectivity index (χ2n) is 10.8. The molecule has 0 aromatic heterocycles. The smallest absolute Gasteiger partial charge is 0.510 e. The van der Waals surface area contributed by atoms with Gasteiger partial charge in [0.1, 0.15) is 34.4 Å². The minimum absolute atomic E-state index is 0. The minimum atomic E-state index is -0.589. The molecule has 0 spiro atoms. The quantitative estimate of drug-likeness (QED) is 0.0339. The Labute approximate surface area is 315 Å². The molecule has 13 nitrogen and oxygen atoms in total. The number of nitrogens with one attached hydrogen (secondary N) is 2. The zero-order valence-corrected chi connectivity index (χ0v) is 31.7. The molecule has 4 aromatic rings. The molecule has 0 saturated carbocycles. The number of anilines is 2. The van der Waals surface area contributed by atoms with E-state index in [0.29, 0.717) is 22.5 Å². The number of amides is 2. The van der Waals surface area contributed by atoms with Gasteiger partial charge < -0.3 is 51.4 Å². The van der Waals surface area contributed by atoms with E-state index in [-0.39, 0.29) is 83.5 Å². The molecule has 4 aromatic carbocycles. The van der Waals surface area contributed by atoms with Crippen LogP contribution in [0.15, 0.2) is 128 Å². The Kier molecular flexibility index (Phi) is 21.2. The predicted octanol–water partition coefficient (Wildman–Crippen LogP) is 9.02. The van der Waals surface area contributed by atoms with Crippen molar-refractivity contribution in [3.05, 3.63) is 145 Å². The number of phenolic OH excluding ortho intramolecular Hbond substituents is 2. The number of aromatic hydroxyl groups is 2. The van der Waals surface area contributed by atoms with Gasteiger partial charge >= 0.3 is 17.4 Å². The van der Waals surface area contributed by atoms with E-state index in [4.69, 9.17) is 0 Å². The summed E-state index contributed by atoms with van der Waals surface area (Å²) in [5, 5.41) is 60.2. The Balaban J connectivity index is 0. The van der Waals surface area contributed by atoms with Crippen LogP contribution in [0.3, 0.4) is 0 Å². The standard InChI is InChI=1S/2C18H19N3O3.2CH3.Cr.H2O/c2*1-11-9-12(2)17(23)15(10-11)20-21-16(13(3)22)18(24)19-14-7-5-4-6-8-14;;;;/h2*4-10,22-23H,1-3H3,(H,19,24);2*1H3;;1H2/q;;2*-1;+2;/p+1/b2*16-13-,21-20?;;;;. The molecule has 0 fully saturated rings. The van der Waals surface area contributed by atoms with E-state index in [1.807, 2.05) is 38.1 Å². The summed E-state index contributed by atoms with van der Waals surface area (Å²) in [6.45, 7) is 9.92. The molecule has 0 bridgehead atoms. The van der Waals surface area contributed by atoms with Gasteiger partial charge in [-0.15, -0.1) is 20.5 Å². The van der Waals surface area contributed by atoms with Gasteiger partial charge in [0, 0.05) is 11.4 Å². The maximum absolute atomic E-state index is 12.2. The SMILES string of the molecule is C/C(O)=C(/N=Nc1cc(C)cc(C)c1O)C(=O)Nc1ccccc1.C/C(O)=C(/N=Nc1cc(C)cc(C)c1O)C(=O)Nc1ccccc1.[CH3-].[CH3-].[Cr+2].[OH3+]. The summed E-state index contributed by atoms with van der Waals surface area (Å²) in [5.74, 6) is -1.74. The number of carbonyl (C=O) groups is 2. The van der Waals surface area contributed by atoms with E-state index in [9.17, 15) is 30.0 Å². The van der Waals surface area contributed by atoms with Crippen LogP contribution in [0.5, 0.6) is 11.5 Å². The van der Waals surface area contributed by atoms with Crippen LogP contribution >= 0.6 is 0 Å². The van der Waals surface area contributed by atoms with Crippen LogP contribution in [-0.2, 0) is 32.4 Å². The molecule has 0 aliphatic rings. The summed E-state index contributed by atoms with van der Waals surface area (Å²) in [5.41, 5.74) is 4.29. The van der Waals surface area contributed by atoms with E-state index in [1.165, 1.54) is 13.8 Å². The van der Waals surface area contributed by atoms with Crippen molar-refractivity contribution >= 4 is 34.6 Å². The van der Waals surface area contributed by atoms with Crippen molar-refractivity contribution in [1.29, 1.82) is 0 Å². The number of para-hydroxylation sites is 2. The summed E-state index contributed by atoms with van der Waals surface area (Å²) < 4.78 is 0. The molecule has 2 amide bonds. The molecule has 0 aliphatic carbocycles. The molecular formula is C38H47CrN6O7+. The first-order valence-corrected chi connectivity index (χ1v) is 14.7. The number of aliphatic hydroxyl groups is 2. The van der Waals surface area contributed by atoms with Gasteiger partial charge in [0.25, 0.3) is 11.8 Å². The van der Waals surface area contributed by atoms with Crippen LogP contribution in [0.4, 0.5) is 22.7 Å². The summed E-state index contributed by atoms with van der Waals surface area (Å²) in [6.07, 6.45) is 0. The number of hydrogen-bond acceptors (Lipinski definition) is 10. The Hall–Kier alpha value is -5.81. The van der Waals surface area contributed by atoms with Crippen molar-refractivity contribution in [3.8, 4) is 11.5 Å². The molecular weight excluding hydrogens is 704 g/mol. The van der Waals surface area contributed by atoms with Crippen molar-refractivity contribution in [2.24, 2.45) is 20.5 Å². The van der Waals surface area contributed by atoms with Gasteiger partial charge in [-0.2, -0.15) is 0 Å². The average Bonchev–Trinajstić information content (AvgIpc) is 3.02. The van der Waals surface area contributed by atoms with Gasteiger partial charge in [-0.25, -0.2) is 0 Å². The van der Waals surface area contributed by atoms with Gasteiger partial charge in [-0.1, -0.05) is 48.5 Å². The van der Waals surface area contributed by atoms with E-state index < -0.39 is 11.8 Å². The molecule has 0 saturated heterocycles. The number of azo groups is 2. The average molecular weight is 752 g/mol. The second-order valence-corrected chi connectivity index (χ2v) is 10.8. The van der Waals surface area contributed by atoms with E-state index in [0.717, 1.165) is 11.1 Å². The minimum Gasteiger partial charge on any atom is -0.510 e. The Morgan fingerprint density at radius 2 is 0.885 bits per heavy atom. The Morgan fingerprint density at radius 3 is 1.17 bits per heavy atom. The fourth-order valence-corrected chi connectivity index (χ4v) is 4.22. The second kappa shape index (κ2) is 22.8. The maximum atomic E-state index is 12.2. The van der Waals surface area contributed by atoms with Gasteiger partial charge in [-0.05, 0) is 100 Å². The van der Waals surface area contributed by atoms with E-state index in [2.05, 4.69) is 31.1 Å². The third kappa shape index (κ3) is 14.2. The third-order valence-electron chi connectivity index (χ3n) is 6.54. The molecule has 14 heteroatoms. The molecule has 0 aliphatic heterocycles. The largest absolute Gasteiger partial charge is 2.00 e. The fraction of sp³-hybridized carbons (Fsp3) is 0.158.